The van der Waals surface area contributed by atoms with Crippen molar-refractivity contribution < 1.29 is 9.46 Å². The maximum absolute atomic E-state index is 10.2. The van der Waals surface area contributed by atoms with E-state index < -0.39 is 8.03 Å². The maximum atomic E-state index is 10.2. The van der Waals surface area contributed by atoms with Gasteiger partial charge >= 0.3 is 8.03 Å². The van der Waals surface area contributed by atoms with E-state index in [1.807, 2.05) is 6.92 Å². The van der Waals surface area contributed by atoms with Crippen molar-refractivity contribution in [3.63, 3.8) is 0 Å². The van der Waals surface area contributed by atoms with Crippen LogP contribution < -0.4 is 5.73 Å². The molecule has 3 N–H and O–H groups in total. The van der Waals surface area contributed by atoms with Crippen LogP contribution in [0.1, 0.15) is 26.2 Å². The number of hydrogen-bond donors (Lipinski definition) is 2. The van der Waals surface area contributed by atoms with Crippen LogP contribution in [0, 0.1) is 0 Å². The summed E-state index contributed by atoms with van der Waals surface area (Å²) >= 11 is 0. The third-order valence-electron chi connectivity index (χ3n) is 1.45. The van der Waals surface area contributed by atoms with Crippen LogP contribution in [0.25, 0.3) is 0 Å². The summed E-state index contributed by atoms with van der Waals surface area (Å²) in [5.41, 5.74) is 5.58. The van der Waals surface area contributed by atoms with E-state index in [-0.39, 0.29) is 6.04 Å². The Morgan fingerprint density at radius 1 is 1.70 bits per heavy atom. The van der Waals surface area contributed by atoms with Crippen LogP contribution >= 0.6 is 8.03 Å². The van der Waals surface area contributed by atoms with E-state index in [4.69, 9.17) is 10.6 Å². The van der Waals surface area contributed by atoms with Crippen LogP contribution in [0.15, 0.2) is 0 Å². The Morgan fingerprint density at radius 3 is 2.70 bits per heavy atom. The average Bonchev–Trinajstić information content (AvgIpc) is 1.87. The molecule has 0 aromatic heterocycles. The number of hydrogen-bond acceptors (Lipinski definition) is 2. The summed E-state index contributed by atoms with van der Waals surface area (Å²) in [6, 6.07) is 0.204. The number of rotatable bonds is 5. The molecule has 0 fully saturated rings. The van der Waals surface area contributed by atoms with Crippen LogP contribution in [-0.2, 0) is 4.57 Å². The zero-order valence-electron chi connectivity index (χ0n) is 6.29. The second-order valence-electron chi connectivity index (χ2n) is 2.39. The molecule has 0 aromatic rings. The van der Waals surface area contributed by atoms with Crippen molar-refractivity contribution in [3.8, 4) is 0 Å². The predicted molar refractivity (Wildman–Crippen MR) is 42.2 cm³/mol. The molecule has 0 aliphatic rings. The topological polar surface area (TPSA) is 63.3 Å². The molecule has 0 rings (SSSR count). The average molecular weight is 164 g/mol. The van der Waals surface area contributed by atoms with Crippen molar-refractivity contribution in [2.75, 3.05) is 6.16 Å². The SMILES string of the molecule is CCC(N)CCC[P+](=O)O. The molecule has 0 radical (unpaired) electrons. The second kappa shape index (κ2) is 5.78. The Morgan fingerprint density at radius 2 is 2.30 bits per heavy atom. The number of nitrogens with two attached hydrogens (primary N) is 1. The summed E-state index contributed by atoms with van der Waals surface area (Å²) in [6.07, 6.45) is 2.96. The molecule has 0 spiro atoms. The normalized spacial score (nSPS) is 14.9. The Hall–Kier alpha value is 0.0200. The Kier molecular flexibility index (Phi) is 5.79. The van der Waals surface area contributed by atoms with E-state index in [9.17, 15) is 4.57 Å². The van der Waals surface area contributed by atoms with Gasteiger partial charge in [-0.25, -0.2) is 0 Å². The first-order valence-electron chi connectivity index (χ1n) is 3.56. The molecule has 0 aliphatic carbocycles. The van der Waals surface area contributed by atoms with E-state index in [0.717, 1.165) is 19.3 Å². The van der Waals surface area contributed by atoms with Crippen LogP contribution in [0.4, 0.5) is 0 Å². The highest BCUT2D eigenvalue weighted by Crippen LogP contribution is 2.15. The van der Waals surface area contributed by atoms with E-state index >= 15 is 0 Å². The molecule has 0 aromatic carbocycles. The van der Waals surface area contributed by atoms with Gasteiger partial charge in [-0.15, -0.1) is 0 Å². The molecule has 2 atom stereocenters. The van der Waals surface area contributed by atoms with Crippen LogP contribution in [0.5, 0.6) is 0 Å². The van der Waals surface area contributed by atoms with Crippen molar-refractivity contribution >= 4 is 8.03 Å². The minimum absolute atomic E-state index is 0.204. The first-order valence-corrected chi connectivity index (χ1v) is 4.95. The third-order valence-corrected chi connectivity index (χ3v) is 2.15. The zero-order chi connectivity index (χ0) is 7.98. The first kappa shape index (κ1) is 10.0. The molecule has 60 valence electrons. The minimum atomic E-state index is -1.94. The summed E-state index contributed by atoms with van der Waals surface area (Å²) < 4.78 is 10.2. The summed E-state index contributed by atoms with van der Waals surface area (Å²) in [5, 5.41) is 0. The molecule has 3 nitrogen and oxygen atoms in total. The van der Waals surface area contributed by atoms with E-state index in [1.165, 1.54) is 0 Å². The van der Waals surface area contributed by atoms with Crippen LogP contribution in [0.2, 0.25) is 0 Å². The van der Waals surface area contributed by atoms with Gasteiger partial charge in [0.2, 0.25) is 0 Å². The molecular formula is C6H15NO2P+. The lowest BCUT2D eigenvalue weighted by Gasteiger charge is -2.03. The van der Waals surface area contributed by atoms with Crippen molar-refractivity contribution in [3.05, 3.63) is 0 Å². The molecule has 0 saturated heterocycles. The molecule has 10 heavy (non-hydrogen) atoms. The monoisotopic (exact) mass is 164 g/mol. The Bertz CT molecular complexity index is 108. The lowest BCUT2D eigenvalue weighted by atomic mass is 10.1. The molecule has 2 unspecified atom stereocenters. The fourth-order valence-electron chi connectivity index (χ4n) is 0.693. The standard InChI is InChI=1S/C6H14NO2P/c1-2-6(7)4-3-5-10(8)9/h6H,2-5,7H2,1H3/p+1. The Balaban J connectivity index is 3.11. The van der Waals surface area contributed by atoms with Gasteiger partial charge in [-0.1, -0.05) is 6.92 Å². The van der Waals surface area contributed by atoms with Crippen molar-refractivity contribution in [2.45, 2.75) is 32.2 Å². The highest BCUT2D eigenvalue weighted by molar-refractivity contribution is 7.37. The molecule has 0 bridgehead atoms. The highest BCUT2D eigenvalue weighted by atomic mass is 31.1. The predicted octanol–water partition coefficient (Wildman–Crippen LogP) is 1.24. The molecule has 4 heteroatoms. The van der Waals surface area contributed by atoms with Gasteiger partial charge in [0.15, 0.2) is 6.16 Å². The fraction of sp³-hybridized carbons (Fsp3) is 1.00. The quantitative estimate of drug-likeness (QED) is 0.601. The zero-order valence-corrected chi connectivity index (χ0v) is 7.18. The lowest BCUT2D eigenvalue weighted by molar-refractivity contribution is 0.496. The smallest absolute Gasteiger partial charge is 0.328 e. The van der Waals surface area contributed by atoms with Gasteiger partial charge in [0.1, 0.15) is 0 Å². The van der Waals surface area contributed by atoms with E-state index in [2.05, 4.69) is 0 Å². The highest BCUT2D eigenvalue weighted by Gasteiger charge is 2.09. The van der Waals surface area contributed by atoms with Crippen molar-refractivity contribution in [1.82, 2.24) is 0 Å². The minimum Gasteiger partial charge on any atom is -0.328 e. The van der Waals surface area contributed by atoms with Crippen molar-refractivity contribution in [1.29, 1.82) is 0 Å². The van der Waals surface area contributed by atoms with Gasteiger partial charge in [0.05, 0.1) is 0 Å². The molecule has 0 aliphatic heterocycles. The van der Waals surface area contributed by atoms with Crippen molar-refractivity contribution in [2.24, 2.45) is 5.73 Å². The van der Waals surface area contributed by atoms with Gasteiger partial charge in [-0.2, -0.15) is 4.89 Å². The summed E-state index contributed by atoms with van der Waals surface area (Å²) in [7, 11) is -1.94. The Labute approximate surface area is 62.5 Å². The van der Waals surface area contributed by atoms with Gasteiger partial charge in [0.25, 0.3) is 0 Å². The molecule has 0 saturated carbocycles. The van der Waals surface area contributed by atoms with Gasteiger partial charge in [0, 0.05) is 6.04 Å². The summed E-state index contributed by atoms with van der Waals surface area (Å²) in [4.78, 5) is 8.41. The fourth-order valence-corrected chi connectivity index (χ4v) is 1.15. The largest absolute Gasteiger partial charge is 0.505 e. The van der Waals surface area contributed by atoms with Gasteiger partial charge in [-0.05, 0) is 23.8 Å². The van der Waals surface area contributed by atoms with Crippen LogP contribution in [-0.4, -0.2) is 17.1 Å². The first-order chi connectivity index (χ1) is 4.66. The van der Waals surface area contributed by atoms with E-state index in [1.54, 1.807) is 0 Å². The second-order valence-corrected chi connectivity index (χ2v) is 3.54. The van der Waals surface area contributed by atoms with Gasteiger partial charge < -0.3 is 5.73 Å². The van der Waals surface area contributed by atoms with Gasteiger partial charge in [-0.3, -0.25) is 0 Å². The molecule has 0 amide bonds. The molecule has 0 heterocycles. The van der Waals surface area contributed by atoms with E-state index in [0.29, 0.717) is 6.16 Å². The summed E-state index contributed by atoms with van der Waals surface area (Å²) in [5.74, 6) is 0. The maximum Gasteiger partial charge on any atom is 0.505 e. The molecular weight excluding hydrogens is 149 g/mol. The van der Waals surface area contributed by atoms with Crippen LogP contribution in [0.3, 0.4) is 0 Å². The lowest BCUT2D eigenvalue weighted by Crippen LogP contribution is -2.18. The third kappa shape index (κ3) is 6.14. The summed E-state index contributed by atoms with van der Waals surface area (Å²) in [6.45, 7) is 2.02.